The van der Waals surface area contributed by atoms with E-state index in [-0.39, 0.29) is 17.6 Å². The van der Waals surface area contributed by atoms with Crippen LogP contribution in [0, 0.1) is 15.5 Å². The van der Waals surface area contributed by atoms with Gasteiger partial charge in [-0.3, -0.25) is 19.7 Å². The number of carbonyl (C=O) groups excluding carboxylic acids is 2. The normalized spacial score (nSPS) is 11.3. The molecule has 0 saturated heterocycles. The summed E-state index contributed by atoms with van der Waals surface area (Å²) in [4.78, 5) is 36.7. The lowest BCUT2D eigenvalue weighted by Crippen LogP contribution is -2.30. The van der Waals surface area contributed by atoms with E-state index in [4.69, 9.17) is 4.74 Å². The lowest BCUT2D eigenvalue weighted by atomic mass is 9.91. The van der Waals surface area contributed by atoms with Crippen LogP contribution in [0.2, 0.25) is 0 Å². The topological polar surface area (TPSA) is 126 Å². The molecule has 0 aliphatic carbocycles. The highest BCUT2D eigenvalue weighted by molar-refractivity contribution is 6.04. The minimum atomic E-state index is -0.516. The minimum Gasteiger partial charge on any atom is -0.463 e. The lowest BCUT2D eigenvalue weighted by molar-refractivity contribution is -0.384. The molecule has 1 N–H and O–H groups in total. The summed E-state index contributed by atoms with van der Waals surface area (Å²) in [5.41, 5.74) is 2.56. The van der Waals surface area contributed by atoms with Crippen molar-refractivity contribution in [3.05, 3.63) is 88.5 Å². The highest BCUT2D eigenvalue weighted by Crippen LogP contribution is 2.24. The summed E-state index contributed by atoms with van der Waals surface area (Å²) in [6, 6.07) is 19.8. The average Bonchev–Trinajstić information content (AvgIpc) is 2.92. The fraction of sp³-hybridized carbons (Fsp3) is 0.286. The summed E-state index contributed by atoms with van der Waals surface area (Å²) in [6.45, 7) is 6.60. The number of nitro benzene ring substituents is 1. The molecule has 0 heterocycles. The van der Waals surface area contributed by atoms with Gasteiger partial charge in [-0.2, -0.15) is 10.2 Å². The Balaban J connectivity index is 1.50. The first kappa shape index (κ1) is 28.0. The number of carbonyl (C=O) groups is 2. The van der Waals surface area contributed by atoms with E-state index in [9.17, 15) is 19.7 Å². The number of non-ortho nitro benzene ring substituents is 1. The first-order valence-electron chi connectivity index (χ1n) is 12.1. The maximum absolute atomic E-state index is 12.4. The third-order valence-corrected chi connectivity index (χ3v) is 6.13. The molecule has 0 fully saturated rings. The summed E-state index contributed by atoms with van der Waals surface area (Å²) in [7, 11) is 1.93. The molecule has 0 aliphatic rings. The third kappa shape index (κ3) is 7.70. The molecule has 0 aromatic heterocycles. The standard InChI is InChI=1S/C28H31N5O5/c1-5-28(2,3)27(35)38-19-18-32(4)24-16-12-23(13-17-24)31-30-22-10-8-21(9-11-22)29-26(34)20-6-14-25(15-7-20)33(36)37/h6-17H,5,18-19H2,1-4H3,(H,29,34). The molecular formula is C28H31N5O5. The number of benzene rings is 3. The Bertz CT molecular complexity index is 1290. The molecule has 0 saturated carbocycles. The Morgan fingerprint density at radius 1 is 0.947 bits per heavy atom. The number of amides is 1. The van der Waals surface area contributed by atoms with E-state index in [0.717, 1.165) is 12.1 Å². The van der Waals surface area contributed by atoms with E-state index < -0.39 is 10.3 Å². The van der Waals surface area contributed by atoms with Gasteiger partial charge in [0.15, 0.2) is 0 Å². The molecule has 38 heavy (non-hydrogen) atoms. The molecule has 0 unspecified atom stereocenters. The fourth-order valence-corrected chi connectivity index (χ4v) is 3.18. The number of nitrogens with one attached hydrogen (secondary N) is 1. The first-order chi connectivity index (χ1) is 18.1. The van der Waals surface area contributed by atoms with Gasteiger partial charge >= 0.3 is 5.97 Å². The van der Waals surface area contributed by atoms with Crippen molar-refractivity contribution < 1.29 is 19.2 Å². The number of anilines is 2. The Morgan fingerprint density at radius 3 is 2.03 bits per heavy atom. The van der Waals surface area contributed by atoms with Crippen molar-refractivity contribution in [1.82, 2.24) is 0 Å². The number of ether oxygens (including phenoxy) is 1. The van der Waals surface area contributed by atoms with Crippen molar-refractivity contribution in [2.75, 3.05) is 30.4 Å². The second kappa shape index (κ2) is 12.6. The summed E-state index contributed by atoms with van der Waals surface area (Å²) in [5.74, 6) is -0.564. The van der Waals surface area contributed by atoms with Crippen molar-refractivity contribution in [3.63, 3.8) is 0 Å². The first-order valence-corrected chi connectivity index (χ1v) is 12.1. The number of azo groups is 1. The Hall–Kier alpha value is -4.60. The molecule has 0 atom stereocenters. The summed E-state index contributed by atoms with van der Waals surface area (Å²) < 4.78 is 5.41. The average molecular weight is 518 g/mol. The number of nitro groups is 1. The summed E-state index contributed by atoms with van der Waals surface area (Å²) >= 11 is 0. The van der Waals surface area contributed by atoms with Gasteiger partial charge in [0.25, 0.3) is 11.6 Å². The molecule has 3 aromatic rings. The van der Waals surface area contributed by atoms with Gasteiger partial charge in [-0.25, -0.2) is 0 Å². The quantitative estimate of drug-likeness (QED) is 0.131. The third-order valence-electron chi connectivity index (χ3n) is 6.13. The van der Waals surface area contributed by atoms with Crippen LogP contribution in [0.3, 0.4) is 0 Å². The number of likely N-dealkylation sites (N-methyl/N-ethyl adjacent to an activating group) is 1. The number of hydrogen-bond donors (Lipinski definition) is 1. The van der Waals surface area contributed by atoms with Crippen LogP contribution in [0.5, 0.6) is 0 Å². The molecule has 0 aliphatic heterocycles. The van der Waals surface area contributed by atoms with E-state index in [1.807, 2.05) is 57.0 Å². The van der Waals surface area contributed by atoms with Crippen molar-refractivity contribution in [3.8, 4) is 0 Å². The molecule has 3 rings (SSSR count). The van der Waals surface area contributed by atoms with Crippen LogP contribution < -0.4 is 10.2 Å². The second-order valence-corrected chi connectivity index (χ2v) is 9.32. The predicted octanol–water partition coefficient (Wildman–Crippen LogP) is 6.68. The molecule has 198 valence electrons. The maximum Gasteiger partial charge on any atom is 0.311 e. The molecule has 1 amide bonds. The second-order valence-electron chi connectivity index (χ2n) is 9.32. The van der Waals surface area contributed by atoms with Crippen LogP contribution in [0.25, 0.3) is 0 Å². The molecule has 10 heteroatoms. The maximum atomic E-state index is 12.4. The lowest BCUT2D eigenvalue weighted by Gasteiger charge is -2.23. The number of rotatable bonds is 11. The van der Waals surface area contributed by atoms with Crippen molar-refractivity contribution in [2.45, 2.75) is 27.2 Å². The number of nitrogens with zero attached hydrogens (tertiary/aromatic N) is 4. The smallest absolute Gasteiger partial charge is 0.311 e. The zero-order chi connectivity index (χ0) is 27.7. The van der Waals surface area contributed by atoms with Crippen LogP contribution in [-0.2, 0) is 9.53 Å². The van der Waals surface area contributed by atoms with Gasteiger partial charge in [0, 0.05) is 36.1 Å². The van der Waals surface area contributed by atoms with Gasteiger partial charge in [0.05, 0.1) is 28.3 Å². The number of hydrogen-bond acceptors (Lipinski definition) is 8. The van der Waals surface area contributed by atoms with Crippen molar-refractivity contribution in [2.24, 2.45) is 15.6 Å². The van der Waals surface area contributed by atoms with Gasteiger partial charge in [-0.15, -0.1) is 0 Å². The predicted molar refractivity (Wildman–Crippen MR) is 146 cm³/mol. The molecule has 3 aromatic carbocycles. The Kier molecular flexibility index (Phi) is 9.26. The van der Waals surface area contributed by atoms with Crippen molar-refractivity contribution >= 4 is 40.3 Å². The van der Waals surface area contributed by atoms with Crippen LogP contribution in [0.1, 0.15) is 37.6 Å². The molecule has 0 spiro atoms. The zero-order valence-electron chi connectivity index (χ0n) is 21.9. The minimum absolute atomic E-state index is 0.0767. The largest absolute Gasteiger partial charge is 0.463 e. The molecule has 10 nitrogen and oxygen atoms in total. The number of esters is 1. The summed E-state index contributed by atoms with van der Waals surface area (Å²) in [5, 5.41) is 22.0. The van der Waals surface area contributed by atoms with E-state index >= 15 is 0 Å². The SMILES string of the molecule is CCC(C)(C)C(=O)OCCN(C)c1ccc(N=Nc2ccc(NC(=O)c3ccc([N+](=O)[O-])cc3)cc2)cc1. The Morgan fingerprint density at radius 2 is 1.50 bits per heavy atom. The van der Waals surface area contributed by atoms with Crippen LogP contribution in [0.15, 0.2) is 83.0 Å². The van der Waals surface area contributed by atoms with Gasteiger partial charge < -0.3 is 15.0 Å². The fourth-order valence-electron chi connectivity index (χ4n) is 3.18. The van der Waals surface area contributed by atoms with Gasteiger partial charge in [0.2, 0.25) is 0 Å². The molecule has 0 radical (unpaired) electrons. The van der Waals surface area contributed by atoms with E-state index in [1.54, 1.807) is 24.3 Å². The molecular weight excluding hydrogens is 486 g/mol. The van der Waals surface area contributed by atoms with Crippen LogP contribution in [0.4, 0.5) is 28.4 Å². The highest BCUT2D eigenvalue weighted by atomic mass is 16.6. The van der Waals surface area contributed by atoms with Crippen molar-refractivity contribution in [1.29, 1.82) is 0 Å². The van der Waals surface area contributed by atoms with Gasteiger partial charge in [0.1, 0.15) is 6.61 Å². The van der Waals surface area contributed by atoms with Crippen LogP contribution in [-0.4, -0.2) is 37.0 Å². The molecule has 0 bridgehead atoms. The van der Waals surface area contributed by atoms with E-state index in [2.05, 4.69) is 15.5 Å². The van der Waals surface area contributed by atoms with E-state index in [1.165, 1.54) is 24.3 Å². The van der Waals surface area contributed by atoms with E-state index in [0.29, 0.717) is 35.8 Å². The van der Waals surface area contributed by atoms with Gasteiger partial charge in [-0.05, 0) is 80.9 Å². The highest BCUT2D eigenvalue weighted by Gasteiger charge is 2.26. The van der Waals surface area contributed by atoms with Gasteiger partial charge in [-0.1, -0.05) is 6.92 Å². The Labute approximate surface area is 221 Å². The monoisotopic (exact) mass is 517 g/mol. The zero-order valence-corrected chi connectivity index (χ0v) is 21.9. The summed E-state index contributed by atoms with van der Waals surface area (Å²) in [6.07, 6.45) is 0.725. The van der Waals surface area contributed by atoms with Crippen LogP contribution >= 0.6 is 0 Å².